The van der Waals surface area contributed by atoms with Crippen LogP contribution in [0, 0.1) is 0 Å². The van der Waals surface area contributed by atoms with E-state index in [0.717, 1.165) is 44.9 Å². The fourth-order valence-electron chi connectivity index (χ4n) is 5.55. The number of rotatable bonds is 36. The second-order valence-electron chi connectivity index (χ2n) is 13.4. The maximum Gasteiger partial charge on any atom is 0.306 e. The third-order valence-corrected chi connectivity index (χ3v) is 8.63. The van der Waals surface area contributed by atoms with E-state index >= 15 is 0 Å². The normalized spacial score (nSPS) is 12.6. The Morgan fingerprint density at radius 2 is 0.854 bits per heavy atom. The minimum atomic E-state index is -0.791. The van der Waals surface area contributed by atoms with Crippen molar-refractivity contribution in [1.29, 1.82) is 0 Å². The van der Waals surface area contributed by atoms with Crippen molar-refractivity contribution in [3.8, 4) is 0 Å². The van der Waals surface area contributed by atoms with Crippen molar-refractivity contribution in [2.45, 2.75) is 200 Å². The van der Waals surface area contributed by atoms with Crippen molar-refractivity contribution in [3.05, 3.63) is 48.6 Å². The standard InChI is InChI=1S/C43H76O5/c1-3-5-7-9-11-13-15-17-19-21-23-25-27-29-31-33-35-37-42(45)47-40-41(39-44)48-43(46)38-36-34-32-30-28-26-24-22-20-18-16-14-12-10-8-6-4-2/h11,13,17,19,23,25,29,31,41,44H,3-10,12,14-16,18,20-22,24,26-28,30,32-40H2,1-2H3/b13-11+,19-17+,25-23+,31-29+/t41-/m0/s1. The lowest BCUT2D eigenvalue weighted by Gasteiger charge is -2.15. The first-order chi connectivity index (χ1) is 23.6. The minimum absolute atomic E-state index is 0.0928. The molecule has 0 rings (SSSR count). The highest BCUT2D eigenvalue weighted by atomic mass is 16.6. The molecule has 0 saturated carbocycles. The number of carbonyl (C=O) groups is 2. The van der Waals surface area contributed by atoms with Gasteiger partial charge in [-0.2, -0.15) is 0 Å². The fraction of sp³-hybridized carbons (Fsp3) is 0.767. The van der Waals surface area contributed by atoms with Gasteiger partial charge < -0.3 is 14.6 Å². The summed E-state index contributed by atoms with van der Waals surface area (Å²) >= 11 is 0. The first-order valence-electron chi connectivity index (χ1n) is 20.2. The van der Waals surface area contributed by atoms with Crippen molar-refractivity contribution in [3.63, 3.8) is 0 Å². The van der Waals surface area contributed by atoms with Gasteiger partial charge in [-0.25, -0.2) is 0 Å². The summed E-state index contributed by atoms with van der Waals surface area (Å²) < 4.78 is 10.6. The molecule has 0 aliphatic rings. The van der Waals surface area contributed by atoms with E-state index in [4.69, 9.17) is 9.47 Å². The number of aliphatic hydroxyl groups excluding tert-OH is 1. The van der Waals surface area contributed by atoms with Crippen molar-refractivity contribution >= 4 is 11.9 Å². The topological polar surface area (TPSA) is 72.8 Å². The van der Waals surface area contributed by atoms with Crippen LogP contribution in [0.5, 0.6) is 0 Å². The van der Waals surface area contributed by atoms with Crippen LogP contribution in [-0.4, -0.2) is 36.4 Å². The lowest BCUT2D eigenvalue weighted by molar-refractivity contribution is -0.161. The molecule has 0 aliphatic carbocycles. The molecule has 0 aliphatic heterocycles. The fourth-order valence-corrected chi connectivity index (χ4v) is 5.55. The molecule has 1 N–H and O–H groups in total. The lowest BCUT2D eigenvalue weighted by atomic mass is 10.0. The zero-order valence-electron chi connectivity index (χ0n) is 31.5. The minimum Gasteiger partial charge on any atom is -0.462 e. The monoisotopic (exact) mass is 673 g/mol. The van der Waals surface area contributed by atoms with E-state index in [0.29, 0.717) is 19.3 Å². The van der Waals surface area contributed by atoms with Crippen LogP contribution in [-0.2, 0) is 19.1 Å². The van der Waals surface area contributed by atoms with Gasteiger partial charge in [0.1, 0.15) is 6.61 Å². The van der Waals surface area contributed by atoms with E-state index in [1.54, 1.807) is 0 Å². The molecule has 5 nitrogen and oxygen atoms in total. The predicted molar refractivity (Wildman–Crippen MR) is 205 cm³/mol. The maximum absolute atomic E-state index is 12.2. The summed E-state index contributed by atoms with van der Waals surface area (Å²) in [6.45, 7) is 4.07. The van der Waals surface area contributed by atoms with Gasteiger partial charge in [0.25, 0.3) is 0 Å². The smallest absolute Gasteiger partial charge is 0.306 e. The first kappa shape index (κ1) is 45.9. The van der Waals surface area contributed by atoms with Crippen molar-refractivity contribution < 1.29 is 24.2 Å². The van der Waals surface area contributed by atoms with Crippen molar-refractivity contribution in [1.82, 2.24) is 0 Å². The van der Waals surface area contributed by atoms with Gasteiger partial charge in [-0.3, -0.25) is 9.59 Å². The summed E-state index contributed by atoms with van der Waals surface area (Å²) in [5, 5.41) is 9.55. The first-order valence-corrected chi connectivity index (χ1v) is 20.2. The quantitative estimate of drug-likeness (QED) is 0.0407. The second kappa shape index (κ2) is 39.3. The predicted octanol–water partition coefficient (Wildman–Crippen LogP) is 12.6. The molecule has 0 aromatic heterocycles. The Balaban J connectivity index is 3.63. The van der Waals surface area contributed by atoms with Gasteiger partial charge in [-0.05, 0) is 51.4 Å². The van der Waals surface area contributed by atoms with E-state index in [-0.39, 0.29) is 25.2 Å². The number of allylic oxidation sites excluding steroid dienone is 8. The molecule has 0 heterocycles. The summed E-state index contributed by atoms with van der Waals surface area (Å²) in [5.74, 6) is -0.653. The van der Waals surface area contributed by atoms with Crippen LogP contribution in [0.2, 0.25) is 0 Å². The molecule has 48 heavy (non-hydrogen) atoms. The Labute approximate surface area is 297 Å². The average Bonchev–Trinajstić information content (AvgIpc) is 3.09. The Morgan fingerprint density at radius 3 is 1.31 bits per heavy atom. The Bertz CT molecular complexity index is 812. The molecular formula is C43H76O5. The van der Waals surface area contributed by atoms with Crippen LogP contribution in [0.3, 0.4) is 0 Å². The number of aliphatic hydroxyl groups is 1. The average molecular weight is 673 g/mol. The van der Waals surface area contributed by atoms with Gasteiger partial charge in [0.15, 0.2) is 6.10 Å². The van der Waals surface area contributed by atoms with E-state index in [1.807, 2.05) is 0 Å². The van der Waals surface area contributed by atoms with Crippen LogP contribution in [0.4, 0.5) is 0 Å². The molecule has 5 heteroatoms. The number of ether oxygens (including phenoxy) is 2. The van der Waals surface area contributed by atoms with Crippen LogP contribution >= 0.6 is 0 Å². The molecule has 278 valence electrons. The molecule has 0 amide bonds. The van der Waals surface area contributed by atoms with E-state index < -0.39 is 6.10 Å². The van der Waals surface area contributed by atoms with Crippen molar-refractivity contribution in [2.24, 2.45) is 0 Å². The Kier molecular flexibility index (Phi) is 37.5. The zero-order valence-corrected chi connectivity index (χ0v) is 31.5. The highest BCUT2D eigenvalue weighted by Crippen LogP contribution is 2.15. The largest absolute Gasteiger partial charge is 0.462 e. The third-order valence-electron chi connectivity index (χ3n) is 8.63. The number of esters is 2. The molecule has 0 saturated heterocycles. The number of hydrogen-bond donors (Lipinski definition) is 1. The third kappa shape index (κ3) is 36.7. The Hall–Kier alpha value is -2.14. The molecule has 0 spiro atoms. The zero-order chi connectivity index (χ0) is 35.0. The highest BCUT2D eigenvalue weighted by molar-refractivity contribution is 5.70. The van der Waals surface area contributed by atoms with Gasteiger partial charge in [0, 0.05) is 12.8 Å². The van der Waals surface area contributed by atoms with Gasteiger partial charge >= 0.3 is 11.9 Å². The van der Waals surface area contributed by atoms with Crippen LogP contribution in [0.1, 0.15) is 194 Å². The summed E-state index contributed by atoms with van der Waals surface area (Å²) in [7, 11) is 0. The van der Waals surface area contributed by atoms with E-state index in [9.17, 15) is 14.7 Å². The van der Waals surface area contributed by atoms with Crippen molar-refractivity contribution in [2.75, 3.05) is 13.2 Å². The Morgan fingerprint density at radius 1 is 0.479 bits per heavy atom. The van der Waals surface area contributed by atoms with Gasteiger partial charge in [0.2, 0.25) is 0 Å². The highest BCUT2D eigenvalue weighted by Gasteiger charge is 2.16. The number of unbranched alkanes of at least 4 members (excludes halogenated alkanes) is 20. The summed E-state index contributed by atoms with van der Waals surface area (Å²) in [6.07, 6.45) is 48.9. The maximum atomic E-state index is 12.2. The van der Waals surface area contributed by atoms with Gasteiger partial charge in [0.05, 0.1) is 6.61 Å². The summed E-state index contributed by atoms with van der Waals surface area (Å²) in [5.41, 5.74) is 0. The van der Waals surface area contributed by atoms with Crippen LogP contribution in [0.25, 0.3) is 0 Å². The molecule has 0 bridgehead atoms. The second-order valence-corrected chi connectivity index (χ2v) is 13.4. The SMILES string of the molecule is CCCCC/C=C/C/C=C/C/C=C/C/C=C/CCCC(=O)OC[C@H](CO)OC(=O)CCCCCCCCCCCCCCCCCCC. The molecule has 0 aromatic rings. The summed E-state index contributed by atoms with van der Waals surface area (Å²) in [4.78, 5) is 24.2. The molecule has 1 atom stereocenters. The van der Waals surface area contributed by atoms with Crippen LogP contribution < -0.4 is 0 Å². The van der Waals surface area contributed by atoms with Gasteiger partial charge in [-0.15, -0.1) is 0 Å². The molecular weight excluding hydrogens is 596 g/mol. The van der Waals surface area contributed by atoms with Gasteiger partial charge in [-0.1, -0.05) is 178 Å². The lowest BCUT2D eigenvalue weighted by Crippen LogP contribution is -2.28. The molecule has 0 aromatic carbocycles. The molecule has 0 fully saturated rings. The van der Waals surface area contributed by atoms with E-state index in [2.05, 4.69) is 62.5 Å². The summed E-state index contributed by atoms with van der Waals surface area (Å²) in [6, 6.07) is 0. The number of hydrogen-bond acceptors (Lipinski definition) is 5. The molecule has 0 unspecified atom stereocenters. The van der Waals surface area contributed by atoms with Crippen LogP contribution in [0.15, 0.2) is 48.6 Å². The van der Waals surface area contributed by atoms with E-state index in [1.165, 1.54) is 116 Å². The number of carbonyl (C=O) groups excluding carboxylic acids is 2. The molecule has 0 radical (unpaired) electrons.